The molecule has 2 aromatic rings. The SMILES string of the molecule is CCCCCCC1CCC(c2ccc(-c3ccc(OC)c(F)c3)c(F)c2F)OC1. The van der Waals surface area contributed by atoms with Gasteiger partial charge in [0.1, 0.15) is 0 Å². The van der Waals surface area contributed by atoms with Gasteiger partial charge < -0.3 is 9.47 Å². The maximum atomic E-state index is 14.8. The Bertz CT molecular complexity index is 814. The first-order valence-corrected chi connectivity index (χ1v) is 10.5. The summed E-state index contributed by atoms with van der Waals surface area (Å²) in [5.41, 5.74) is 0.532. The fraction of sp³-hybridized carbons (Fsp3) is 0.500. The average Bonchev–Trinajstić information content (AvgIpc) is 2.74. The van der Waals surface area contributed by atoms with Gasteiger partial charge in [0.25, 0.3) is 0 Å². The minimum atomic E-state index is -0.975. The fourth-order valence-corrected chi connectivity index (χ4v) is 4.01. The normalized spacial score (nSPS) is 19.3. The molecule has 0 spiro atoms. The van der Waals surface area contributed by atoms with Crippen LogP contribution in [0.5, 0.6) is 5.75 Å². The largest absolute Gasteiger partial charge is 0.494 e. The minimum absolute atomic E-state index is 0.0254. The van der Waals surface area contributed by atoms with Crippen molar-refractivity contribution in [1.82, 2.24) is 0 Å². The molecule has 158 valence electrons. The lowest BCUT2D eigenvalue weighted by Gasteiger charge is -2.29. The zero-order valence-corrected chi connectivity index (χ0v) is 17.1. The number of rotatable bonds is 8. The molecule has 0 bridgehead atoms. The van der Waals surface area contributed by atoms with Crippen molar-refractivity contribution in [3.8, 4) is 16.9 Å². The summed E-state index contributed by atoms with van der Waals surface area (Å²) in [5, 5.41) is 0. The van der Waals surface area contributed by atoms with Crippen LogP contribution in [0.15, 0.2) is 30.3 Å². The van der Waals surface area contributed by atoms with Gasteiger partial charge in [0.15, 0.2) is 23.2 Å². The molecule has 2 unspecified atom stereocenters. The van der Waals surface area contributed by atoms with Crippen LogP contribution >= 0.6 is 0 Å². The minimum Gasteiger partial charge on any atom is -0.494 e. The van der Waals surface area contributed by atoms with Gasteiger partial charge in [-0.1, -0.05) is 50.8 Å². The Morgan fingerprint density at radius 2 is 1.83 bits per heavy atom. The van der Waals surface area contributed by atoms with Crippen molar-refractivity contribution in [3.05, 3.63) is 53.3 Å². The Hall–Kier alpha value is -2.01. The zero-order chi connectivity index (χ0) is 20.8. The van der Waals surface area contributed by atoms with Gasteiger partial charge in [-0.25, -0.2) is 13.2 Å². The maximum Gasteiger partial charge on any atom is 0.167 e. The number of hydrogen-bond donors (Lipinski definition) is 0. The lowest BCUT2D eigenvalue weighted by Crippen LogP contribution is -2.21. The van der Waals surface area contributed by atoms with Crippen LogP contribution in [0.3, 0.4) is 0 Å². The van der Waals surface area contributed by atoms with Crippen molar-refractivity contribution in [1.29, 1.82) is 0 Å². The molecule has 2 nitrogen and oxygen atoms in total. The Morgan fingerprint density at radius 3 is 2.48 bits per heavy atom. The van der Waals surface area contributed by atoms with Crippen molar-refractivity contribution in [2.75, 3.05) is 13.7 Å². The van der Waals surface area contributed by atoms with Crippen LogP contribution in [0.4, 0.5) is 13.2 Å². The highest BCUT2D eigenvalue weighted by Crippen LogP contribution is 2.37. The third-order valence-electron chi connectivity index (χ3n) is 5.76. The van der Waals surface area contributed by atoms with Crippen LogP contribution in [0, 0.1) is 23.4 Å². The molecular weight excluding hydrogens is 377 g/mol. The predicted molar refractivity (Wildman–Crippen MR) is 108 cm³/mol. The molecule has 0 saturated carbocycles. The van der Waals surface area contributed by atoms with Gasteiger partial charge in [-0.3, -0.25) is 0 Å². The van der Waals surface area contributed by atoms with E-state index < -0.39 is 23.6 Å². The lowest BCUT2D eigenvalue weighted by atomic mass is 9.90. The van der Waals surface area contributed by atoms with Gasteiger partial charge in [-0.15, -0.1) is 0 Å². The van der Waals surface area contributed by atoms with E-state index >= 15 is 0 Å². The molecule has 1 heterocycles. The summed E-state index contributed by atoms with van der Waals surface area (Å²) in [6.45, 7) is 2.78. The first-order valence-electron chi connectivity index (χ1n) is 10.5. The van der Waals surface area contributed by atoms with E-state index in [1.807, 2.05) is 0 Å². The molecular formula is C24H29F3O2. The van der Waals surface area contributed by atoms with Crippen molar-refractivity contribution in [2.24, 2.45) is 5.92 Å². The number of ether oxygens (including phenoxy) is 2. The van der Waals surface area contributed by atoms with E-state index in [9.17, 15) is 13.2 Å². The summed E-state index contributed by atoms with van der Waals surface area (Å²) in [5.74, 6) is -1.94. The zero-order valence-electron chi connectivity index (χ0n) is 17.1. The Balaban J connectivity index is 1.68. The maximum absolute atomic E-state index is 14.8. The summed E-state index contributed by atoms with van der Waals surface area (Å²) < 4.78 is 54.2. The summed E-state index contributed by atoms with van der Waals surface area (Å²) in [7, 11) is 1.35. The Morgan fingerprint density at radius 1 is 1.00 bits per heavy atom. The van der Waals surface area contributed by atoms with Crippen LogP contribution in [0.1, 0.15) is 63.5 Å². The topological polar surface area (TPSA) is 18.5 Å². The molecule has 1 saturated heterocycles. The number of hydrogen-bond acceptors (Lipinski definition) is 2. The first-order chi connectivity index (χ1) is 14.0. The molecule has 0 aliphatic carbocycles. The second-order valence-corrected chi connectivity index (χ2v) is 7.79. The highest BCUT2D eigenvalue weighted by Gasteiger charge is 2.27. The summed E-state index contributed by atoms with van der Waals surface area (Å²) in [6, 6.07) is 7.12. The van der Waals surface area contributed by atoms with Gasteiger partial charge in [-0.2, -0.15) is 0 Å². The van der Waals surface area contributed by atoms with Crippen LogP contribution in [-0.4, -0.2) is 13.7 Å². The third-order valence-corrected chi connectivity index (χ3v) is 5.76. The molecule has 0 N–H and O–H groups in total. The van der Waals surface area contributed by atoms with Crippen molar-refractivity contribution >= 4 is 0 Å². The smallest absolute Gasteiger partial charge is 0.167 e. The fourth-order valence-electron chi connectivity index (χ4n) is 4.01. The highest BCUT2D eigenvalue weighted by atomic mass is 19.2. The summed E-state index contributed by atoms with van der Waals surface area (Å²) in [4.78, 5) is 0. The van der Waals surface area contributed by atoms with E-state index in [0.717, 1.165) is 18.9 Å². The van der Waals surface area contributed by atoms with Gasteiger partial charge >= 0.3 is 0 Å². The van der Waals surface area contributed by atoms with E-state index in [-0.39, 0.29) is 22.4 Å². The summed E-state index contributed by atoms with van der Waals surface area (Å²) in [6.07, 6.45) is 7.25. The van der Waals surface area contributed by atoms with E-state index in [2.05, 4.69) is 6.92 Å². The van der Waals surface area contributed by atoms with Gasteiger partial charge in [0.2, 0.25) is 0 Å². The molecule has 29 heavy (non-hydrogen) atoms. The Kier molecular flexibility index (Phi) is 7.59. The standard InChI is InChI=1S/C24H29F3O2/c1-3-4-5-6-7-16-8-12-21(29-15-16)19-11-10-18(23(26)24(19)27)17-9-13-22(28-2)20(25)14-17/h9-11,13-14,16,21H,3-8,12,15H2,1-2H3. The molecule has 1 aliphatic rings. The summed E-state index contributed by atoms with van der Waals surface area (Å²) >= 11 is 0. The van der Waals surface area contributed by atoms with Crippen LogP contribution in [-0.2, 0) is 4.74 Å². The number of methoxy groups -OCH3 is 1. The second-order valence-electron chi connectivity index (χ2n) is 7.79. The number of benzene rings is 2. The predicted octanol–water partition coefficient (Wildman–Crippen LogP) is 7.22. The molecule has 5 heteroatoms. The first kappa shape index (κ1) is 21.7. The second kappa shape index (κ2) is 10.1. The monoisotopic (exact) mass is 406 g/mol. The van der Waals surface area contributed by atoms with Crippen molar-refractivity contribution < 1.29 is 22.6 Å². The third kappa shape index (κ3) is 5.13. The molecule has 2 atom stereocenters. The highest BCUT2D eigenvalue weighted by molar-refractivity contribution is 5.66. The molecule has 0 aromatic heterocycles. The molecule has 1 aliphatic heterocycles. The average molecular weight is 406 g/mol. The molecule has 2 aromatic carbocycles. The molecule has 1 fully saturated rings. The quantitative estimate of drug-likeness (QED) is 0.431. The van der Waals surface area contributed by atoms with E-state index in [0.29, 0.717) is 18.9 Å². The van der Waals surface area contributed by atoms with Crippen LogP contribution in [0.25, 0.3) is 11.1 Å². The van der Waals surface area contributed by atoms with Crippen molar-refractivity contribution in [2.45, 2.75) is 58.0 Å². The van der Waals surface area contributed by atoms with Crippen molar-refractivity contribution in [3.63, 3.8) is 0 Å². The van der Waals surface area contributed by atoms with Gasteiger partial charge in [0.05, 0.1) is 19.8 Å². The number of unbranched alkanes of at least 4 members (excludes halogenated alkanes) is 3. The molecule has 0 amide bonds. The van der Waals surface area contributed by atoms with Gasteiger partial charge in [-0.05, 0) is 42.9 Å². The van der Waals surface area contributed by atoms with E-state index in [4.69, 9.17) is 9.47 Å². The lowest BCUT2D eigenvalue weighted by molar-refractivity contribution is -0.0218. The van der Waals surface area contributed by atoms with E-state index in [1.54, 1.807) is 6.07 Å². The Labute approximate surface area is 171 Å². The number of halogens is 3. The van der Waals surface area contributed by atoms with Crippen LogP contribution in [0.2, 0.25) is 0 Å². The molecule has 0 radical (unpaired) electrons. The van der Waals surface area contributed by atoms with Crippen LogP contribution < -0.4 is 4.74 Å². The van der Waals surface area contributed by atoms with Gasteiger partial charge in [0, 0.05) is 11.1 Å². The van der Waals surface area contributed by atoms with E-state index in [1.165, 1.54) is 51.0 Å². The molecule has 3 rings (SSSR count).